The first-order chi connectivity index (χ1) is 23.6. The quantitative estimate of drug-likeness (QED) is 0.0377. The smallest absolute Gasteiger partial charge is 0.343 e. The largest absolute Gasteiger partial charge is 0.494 e. The molecule has 0 amide bonds. The van der Waals surface area contributed by atoms with Gasteiger partial charge in [0.25, 0.3) is 0 Å². The van der Waals surface area contributed by atoms with E-state index in [1.807, 2.05) is 36.4 Å². The van der Waals surface area contributed by atoms with Gasteiger partial charge in [-0.15, -0.1) is 0 Å². The molecule has 0 saturated carbocycles. The van der Waals surface area contributed by atoms with Crippen LogP contribution in [0.1, 0.15) is 85.3 Å². The summed E-state index contributed by atoms with van der Waals surface area (Å²) in [5.41, 5.74) is 6.05. The van der Waals surface area contributed by atoms with Gasteiger partial charge >= 0.3 is 5.97 Å². The molecule has 4 aromatic carbocycles. The fourth-order valence-electron chi connectivity index (χ4n) is 7.02. The molecule has 0 spiro atoms. The van der Waals surface area contributed by atoms with Gasteiger partial charge in [0.15, 0.2) is 0 Å². The number of hydrogen-bond acceptors (Lipinski definition) is 3. The zero-order chi connectivity index (χ0) is 35.0. The molecule has 0 aliphatic carbocycles. The van der Waals surface area contributed by atoms with E-state index < -0.39 is 16.1 Å². The summed E-state index contributed by atoms with van der Waals surface area (Å²) in [7, 11) is -2.59. The number of hydrogen-bond donors (Lipinski definition) is 0. The van der Waals surface area contributed by atoms with Gasteiger partial charge in [-0.2, -0.15) is 0 Å². The zero-order valence-corrected chi connectivity index (χ0v) is 32.9. The van der Waals surface area contributed by atoms with Crippen LogP contribution in [0, 0.1) is 0 Å². The van der Waals surface area contributed by atoms with Crippen molar-refractivity contribution in [2.24, 2.45) is 0 Å². The number of rotatable bonds is 21. The number of carbonyl (C=O) groups is 1. The van der Waals surface area contributed by atoms with Crippen molar-refractivity contribution in [1.29, 1.82) is 0 Å². The maximum absolute atomic E-state index is 12.7. The molecular weight excluding hydrogens is 633 g/mol. The molecule has 0 saturated heterocycles. The molecule has 0 atom stereocenters. The maximum atomic E-state index is 12.7. The molecule has 4 aromatic rings. The van der Waals surface area contributed by atoms with Crippen LogP contribution in [0.4, 0.5) is 0 Å². The van der Waals surface area contributed by atoms with Gasteiger partial charge in [0.2, 0.25) is 0 Å². The summed E-state index contributed by atoms with van der Waals surface area (Å²) in [6.07, 6.45) is 13.2. The lowest BCUT2D eigenvalue weighted by atomic mass is 10.0. The highest BCUT2D eigenvalue weighted by molar-refractivity contribution is 7.01. The summed E-state index contributed by atoms with van der Waals surface area (Å²) in [5, 5.41) is 1.61. The van der Waals surface area contributed by atoms with E-state index in [2.05, 4.69) is 87.7 Å². The van der Waals surface area contributed by atoms with Gasteiger partial charge in [-0.25, -0.2) is 4.79 Å². The van der Waals surface area contributed by atoms with Crippen molar-refractivity contribution >= 4 is 27.3 Å². The third-order valence-electron chi connectivity index (χ3n) is 9.76. The standard InChI is InChI=1S/C44H60O3Si2/c1-6-7-8-9-10-15-34-46-41-30-32-42(33-31-41)47-44(45)40-28-26-39(27-29-40)25-24-38-22-20-37(21-23-38)17-14-16-35-48(2,3)36-49(4,5)43-18-12-11-13-19-43/h11-13,18-23,26-33H,6-10,14-17,24-25,34-36H2,1-5H3. The summed E-state index contributed by atoms with van der Waals surface area (Å²) < 4.78 is 11.5. The van der Waals surface area contributed by atoms with E-state index in [1.54, 1.807) is 17.3 Å². The summed E-state index contributed by atoms with van der Waals surface area (Å²) in [5.74, 6) is 0.995. The van der Waals surface area contributed by atoms with Crippen molar-refractivity contribution < 1.29 is 14.3 Å². The van der Waals surface area contributed by atoms with Crippen LogP contribution in [-0.2, 0) is 19.3 Å². The summed E-state index contributed by atoms with van der Waals surface area (Å²) in [4.78, 5) is 12.7. The van der Waals surface area contributed by atoms with E-state index in [4.69, 9.17) is 9.47 Å². The summed E-state index contributed by atoms with van der Waals surface area (Å²) in [6.45, 7) is 13.3. The van der Waals surface area contributed by atoms with Crippen LogP contribution >= 0.6 is 0 Å². The Labute approximate surface area is 299 Å². The topological polar surface area (TPSA) is 35.5 Å². The van der Waals surface area contributed by atoms with E-state index in [0.717, 1.165) is 31.6 Å². The van der Waals surface area contributed by atoms with Gasteiger partial charge in [-0.1, -0.05) is 155 Å². The van der Waals surface area contributed by atoms with Crippen molar-refractivity contribution in [3.63, 3.8) is 0 Å². The molecular formula is C44H60O3Si2. The van der Waals surface area contributed by atoms with Gasteiger partial charge in [-0.3, -0.25) is 0 Å². The van der Waals surface area contributed by atoms with Gasteiger partial charge < -0.3 is 9.47 Å². The number of ether oxygens (including phenoxy) is 2. The Bertz CT molecular complexity index is 1510. The molecule has 0 bridgehead atoms. The lowest BCUT2D eigenvalue weighted by Gasteiger charge is -2.32. The number of unbranched alkanes of at least 4 members (excludes halogenated alkanes) is 6. The predicted molar refractivity (Wildman–Crippen MR) is 214 cm³/mol. The van der Waals surface area contributed by atoms with Crippen LogP contribution in [0.15, 0.2) is 103 Å². The summed E-state index contributed by atoms with van der Waals surface area (Å²) >= 11 is 0. The molecule has 0 N–H and O–H groups in total. The lowest BCUT2D eigenvalue weighted by Crippen LogP contribution is -2.48. The normalized spacial score (nSPS) is 11.8. The van der Waals surface area contributed by atoms with E-state index in [-0.39, 0.29) is 5.97 Å². The molecule has 262 valence electrons. The Morgan fingerprint density at radius 3 is 1.76 bits per heavy atom. The van der Waals surface area contributed by atoms with Crippen molar-refractivity contribution in [3.8, 4) is 11.5 Å². The predicted octanol–water partition coefficient (Wildman–Crippen LogP) is 11.6. The summed E-state index contributed by atoms with van der Waals surface area (Å²) in [6, 6.07) is 37.0. The Morgan fingerprint density at radius 1 is 0.571 bits per heavy atom. The van der Waals surface area contributed by atoms with Crippen molar-refractivity contribution in [3.05, 3.63) is 125 Å². The van der Waals surface area contributed by atoms with E-state index in [9.17, 15) is 4.79 Å². The van der Waals surface area contributed by atoms with Crippen LogP contribution in [-0.4, -0.2) is 28.7 Å². The second-order valence-electron chi connectivity index (χ2n) is 15.3. The minimum absolute atomic E-state index is 0.341. The first kappa shape index (κ1) is 38.4. The zero-order valence-electron chi connectivity index (χ0n) is 30.9. The van der Waals surface area contributed by atoms with E-state index in [0.29, 0.717) is 11.3 Å². The minimum Gasteiger partial charge on any atom is -0.494 e. The fraction of sp³-hybridized carbons (Fsp3) is 0.432. The number of benzene rings is 4. The van der Waals surface area contributed by atoms with E-state index >= 15 is 0 Å². The van der Waals surface area contributed by atoms with Crippen LogP contribution in [0.2, 0.25) is 37.9 Å². The van der Waals surface area contributed by atoms with Crippen molar-refractivity contribution in [1.82, 2.24) is 0 Å². The first-order valence-electron chi connectivity index (χ1n) is 18.8. The molecule has 0 heterocycles. The molecule has 5 heteroatoms. The van der Waals surface area contributed by atoms with Gasteiger partial charge in [0.05, 0.1) is 20.2 Å². The Balaban J connectivity index is 1.13. The molecule has 0 aliphatic rings. The highest BCUT2D eigenvalue weighted by Crippen LogP contribution is 2.26. The second-order valence-corrected chi connectivity index (χ2v) is 25.9. The SMILES string of the molecule is CCCCCCCCOc1ccc(OC(=O)c2ccc(CCc3ccc(CCCC[Si](C)(C)C[Si](C)(C)c4ccccc4)cc3)cc2)cc1. The molecule has 3 nitrogen and oxygen atoms in total. The molecule has 4 rings (SSSR count). The molecule has 0 aliphatic heterocycles. The first-order valence-corrected chi connectivity index (χ1v) is 25.4. The average Bonchev–Trinajstić information content (AvgIpc) is 3.10. The lowest BCUT2D eigenvalue weighted by molar-refractivity contribution is 0.0734. The van der Waals surface area contributed by atoms with Crippen LogP contribution in [0.25, 0.3) is 0 Å². The number of esters is 1. The molecule has 0 unspecified atom stereocenters. The Morgan fingerprint density at radius 2 is 1.12 bits per heavy atom. The highest BCUT2D eigenvalue weighted by atomic mass is 28.4. The Kier molecular flexibility index (Phi) is 15.4. The van der Waals surface area contributed by atoms with Gasteiger partial charge in [-0.05, 0) is 85.2 Å². The van der Waals surface area contributed by atoms with Gasteiger partial charge in [0.1, 0.15) is 11.5 Å². The van der Waals surface area contributed by atoms with E-state index in [1.165, 1.54) is 79.8 Å². The average molecular weight is 693 g/mol. The van der Waals surface area contributed by atoms with Crippen molar-refractivity contribution in [2.45, 2.75) is 115 Å². The highest BCUT2D eigenvalue weighted by Gasteiger charge is 2.32. The third kappa shape index (κ3) is 13.8. The van der Waals surface area contributed by atoms with Crippen molar-refractivity contribution in [2.75, 3.05) is 6.61 Å². The van der Waals surface area contributed by atoms with Gasteiger partial charge in [0, 0.05) is 8.07 Å². The fourth-order valence-corrected chi connectivity index (χ4v) is 20.4. The molecule has 0 radical (unpaired) electrons. The molecule has 0 fully saturated rings. The minimum atomic E-state index is -1.37. The monoisotopic (exact) mass is 692 g/mol. The second kappa shape index (κ2) is 19.7. The maximum Gasteiger partial charge on any atom is 0.343 e. The Hall–Kier alpha value is -3.42. The van der Waals surface area contributed by atoms with Crippen LogP contribution < -0.4 is 14.7 Å². The molecule has 0 aromatic heterocycles. The van der Waals surface area contributed by atoms with Crippen LogP contribution in [0.5, 0.6) is 11.5 Å². The van der Waals surface area contributed by atoms with Crippen LogP contribution in [0.3, 0.4) is 0 Å². The molecule has 49 heavy (non-hydrogen) atoms. The third-order valence-corrected chi connectivity index (χ3v) is 20.7. The number of aryl methyl sites for hydroxylation is 3. The number of carbonyl (C=O) groups excluding carboxylic acids is 1.